The summed E-state index contributed by atoms with van der Waals surface area (Å²) in [5.41, 5.74) is 5.92. The van der Waals surface area contributed by atoms with Gasteiger partial charge in [-0.3, -0.25) is 14.6 Å². The van der Waals surface area contributed by atoms with Crippen LogP contribution in [0.4, 0.5) is 0 Å². The number of amides is 2. The van der Waals surface area contributed by atoms with Gasteiger partial charge in [0.15, 0.2) is 5.75 Å². The molecule has 1 fully saturated rings. The zero-order valence-electron chi connectivity index (χ0n) is 19.2. The summed E-state index contributed by atoms with van der Waals surface area (Å²) in [5.74, 6) is 0.200. The molecule has 180 valence electrons. The van der Waals surface area contributed by atoms with E-state index in [0.717, 1.165) is 25.7 Å². The summed E-state index contributed by atoms with van der Waals surface area (Å²) in [6.07, 6.45) is 9.10. The number of pyridine rings is 2. The van der Waals surface area contributed by atoms with Crippen LogP contribution in [0.15, 0.2) is 43.0 Å². The molecule has 0 aliphatic heterocycles. The molecule has 3 aromatic heterocycles. The first kappa shape index (κ1) is 23.5. The van der Waals surface area contributed by atoms with E-state index in [0.29, 0.717) is 28.1 Å². The van der Waals surface area contributed by atoms with Gasteiger partial charge in [0, 0.05) is 12.2 Å². The minimum absolute atomic E-state index is 0.0150. The fourth-order valence-electron chi connectivity index (χ4n) is 3.93. The van der Waals surface area contributed by atoms with E-state index in [9.17, 15) is 14.7 Å². The van der Waals surface area contributed by atoms with E-state index in [1.54, 1.807) is 42.8 Å². The van der Waals surface area contributed by atoms with Gasteiger partial charge in [0.25, 0.3) is 11.8 Å². The van der Waals surface area contributed by atoms with E-state index in [-0.39, 0.29) is 24.7 Å². The van der Waals surface area contributed by atoms with E-state index >= 15 is 0 Å². The Morgan fingerprint density at radius 2 is 1.94 bits per heavy atom. The minimum Gasteiger partial charge on any atom is -0.489 e. The molecular formula is C24H29N5O5. The molecule has 1 aliphatic rings. The van der Waals surface area contributed by atoms with Gasteiger partial charge in [-0.25, -0.2) is 4.52 Å². The molecule has 3 aromatic rings. The van der Waals surface area contributed by atoms with Crippen LogP contribution >= 0.6 is 0 Å². The Hall–Kier alpha value is -3.66. The van der Waals surface area contributed by atoms with E-state index in [2.05, 4.69) is 15.4 Å². The average Bonchev–Trinajstić information content (AvgIpc) is 3.22. The maximum atomic E-state index is 12.9. The standard InChI is InChI=1S/C24H29N5O5/c1-24(2,32)14-33-17-7-8-20-19(11-27-29(20)13-17)23(31)28-15-3-5-16(6-4-15)34-21-12-26-10-9-18(21)22(25)30/h7-13,15-16,32H,3-6,14H2,1-2H3,(H2,25,30)(H,28,31). The number of primary amides is 1. The molecule has 1 saturated carbocycles. The number of hydrogen-bond acceptors (Lipinski definition) is 7. The van der Waals surface area contributed by atoms with Crippen molar-refractivity contribution in [2.24, 2.45) is 5.73 Å². The Kier molecular flexibility index (Phi) is 6.69. The van der Waals surface area contributed by atoms with Gasteiger partial charge >= 0.3 is 0 Å². The molecule has 1 aliphatic carbocycles. The van der Waals surface area contributed by atoms with E-state index in [1.165, 1.54) is 18.6 Å². The summed E-state index contributed by atoms with van der Waals surface area (Å²) in [7, 11) is 0. The lowest BCUT2D eigenvalue weighted by Crippen LogP contribution is -2.39. The van der Waals surface area contributed by atoms with E-state index < -0.39 is 11.5 Å². The maximum Gasteiger partial charge on any atom is 0.255 e. The highest BCUT2D eigenvalue weighted by molar-refractivity contribution is 6.00. The fraction of sp³-hybridized carbons (Fsp3) is 0.417. The number of nitrogens with one attached hydrogen (secondary N) is 1. The molecule has 10 nitrogen and oxygen atoms in total. The Labute approximate surface area is 197 Å². The molecule has 4 rings (SSSR count). The Bertz CT molecular complexity index is 1180. The second-order valence-corrected chi connectivity index (χ2v) is 9.15. The molecule has 0 bridgehead atoms. The van der Waals surface area contributed by atoms with Crippen LogP contribution in [0.5, 0.6) is 11.5 Å². The van der Waals surface area contributed by atoms with Gasteiger partial charge in [0.1, 0.15) is 12.4 Å². The Balaban J connectivity index is 1.33. The van der Waals surface area contributed by atoms with Crippen molar-refractivity contribution in [2.45, 2.75) is 57.3 Å². The smallest absolute Gasteiger partial charge is 0.255 e. The van der Waals surface area contributed by atoms with Crippen LogP contribution in [0.1, 0.15) is 60.2 Å². The van der Waals surface area contributed by atoms with Gasteiger partial charge in [-0.1, -0.05) is 0 Å². The molecular weight excluding hydrogens is 438 g/mol. The van der Waals surface area contributed by atoms with Crippen molar-refractivity contribution in [2.75, 3.05) is 6.61 Å². The largest absolute Gasteiger partial charge is 0.489 e. The number of carbonyl (C=O) groups is 2. The molecule has 2 amide bonds. The van der Waals surface area contributed by atoms with Crippen LogP contribution in [0, 0.1) is 0 Å². The van der Waals surface area contributed by atoms with Gasteiger partial charge in [0.2, 0.25) is 0 Å². The van der Waals surface area contributed by atoms with Crippen LogP contribution in [0.25, 0.3) is 5.52 Å². The number of rotatable bonds is 8. The first-order valence-electron chi connectivity index (χ1n) is 11.2. The summed E-state index contributed by atoms with van der Waals surface area (Å²) in [6, 6.07) is 5.08. The molecule has 10 heteroatoms. The van der Waals surface area contributed by atoms with Gasteiger partial charge in [-0.2, -0.15) is 5.10 Å². The summed E-state index contributed by atoms with van der Waals surface area (Å²) in [6.45, 7) is 3.47. The van der Waals surface area contributed by atoms with Crippen LogP contribution in [0.2, 0.25) is 0 Å². The number of fused-ring (bicyclic) bond motifs is 1. The zero-order valence-corrected chi connectivity index (χ0v) is 19.2. The van der Waals surface area contributed by atoms with Crippen LogP contribution < -0.4 is 20.5 Å². The number of aromatic nitrogens is 3. The summed E-state index contributed by atoms with van der Waals surface area (Å²) in [4.78, 5) is 28.5. The van der Waals surface area contributed by atoms with Crippen molar-refractivity contribution in [3.63, 3.8) is 0 Å². The normalized spacial score (nSPS) is 18.4. The SMILES string of the molecule is CC(C)(O)COc1ccc2c(C(=O)NC3CCC(Oc4cnccc4C(N)=O)CC3)cnn2c1. The monoisotopic (exact) mass is 467 g/mol. The highest BCUT2D eigenvalue weighted by Crippen LogP contribution is 2.26. The van der Waals surface area contributed by atoms with Gasteiger partial charge < -0.3 is 25.6 Å². The molecule has 0 saturated heterocycles. The molecule has 34 heavy (non-hydrogen) atoms. The third-order valence-corrected chi connectivity index (χ3v) is 5.68. The van der Waals surface area contributed by atoms with Crippen molar-refractivity contribution in [1.82, 2.24) is 19.9 Å². The van der Waals surface area contributed by atoms with Crippen molar-refractivity contribution in [1.29, 1.82) is 0 Å². The summed E-state index contributed by atoms with van der Waals surface area (Å²) < 4.78 is 13.1. The first-order chi connectivity index (χ1) is 16.2. The van der Waals surface area contributed by atoms with Crippen molar-refractivity contribution in [3.05, 3.63) is 54.1 Å². The summed E-state index contributed by atoms with van der Waals surface area (Å²) in [5, 5.41) is 17.2. The zero-order chi connectivity index (χ0) is 24.3. The van der Waals surface area contributed by atoms with Crippen LogP contribution in [-0.4, -0.2) is 55.9 Å². The molecule has 0 radical (unpaired) electrons. The number of ether oxygens (including phenoxy) is 2. The number of nitrogens with two attached hydrogens (primary N) is 1. The van der Waals surface area contributed by atoms with E-state index in [4.69, 9.17) is 15.2 Å². The third kappa shape index (κ3) is 5.63. The lowest BCUT2D eigenvalue weighted by Gasteiger charge is -2.29. The third-order valence-electron chi connectivity index (χ3n) is 5.68. The molecule has 4 N–H and O–H groups in total. The summed E-state index contributed by atoms with van der Waals surface area (Å²) >= 11 is 0. The van der Waals surface area contributed by atoms with Gasteiger partial charge in [0.05, 0.1) is 46.9 Å². The van der Waals surface area contributed by atoms with Crippen LogP contribution in [-0.2, 0) is 0 Å². The maximum absolute atomic E-state index is 12.9. The topological polar surface area (TPSA) is 141 Å². The van der Waals surface area contributed by atoms with E-state index in [1.807, 2.05) is 0 Å². The quantitative estimate of drug-likeness (QED) is 0.461. The first-order valence-corrected chi connectivity index (χ1v) is 11.2. The highest BCUT2D eigenvalue weighted by atomic mass is 16.5. The molecule has 0 unspecified atom stereocenters. The second kappa shape index (κ2) is 9.68. The van der Waals surface area contributed by atoms with Gasteiger partial charge in [-0.15, -0.1) is 0 Å². The Morgan fingerprint density at radius 3 is 2.65 bits per heavy atom. The molecule has 3 heterocycles. The van der Waals surface area contributed by atoms with Crippen molar-refractivity contribution >= 4 is 17.3 Å². The number of carbonyl (C=O) groups excluding carboxylic acids is 2. The number of aliphatic hydroxyl groups is 1. The minimum atomic E-state index is -0.948. The molecule has 0 aromatic carbocycles. The lowest BCUT2D eigenvalue weighted by molar-refractivity contribution is 0.0283. The Morgan fingerprint density at radius 1 is 1.18 bits per heavy atom. The fourth-order valence-corrected chi connectivity index (χ4v) is 3.93. The second-order valence-electron chi connectivity index (χ2n) is 9.15. The number of nitrogens with zero attached hydrogens (tertiary/aromatic N) is 3. The van der Waals surface area contributed by atoms with Crippen LogP contribution in [0.3, 0.4) is 0 Å². The van der Waals surface area contributed by atoms with Gasteiger partial charge in [-0.05, 0) is 57.7 Å². The highest BCUT2D eigenvalue weighted by Gasteiger charge is 2.26. The lowest BCUT2D eigenvalue weighted by atomic mass is 9.92. The molecule has 0 spiro atoms. The predicted octanol–water partition coefficient (Wildman–Crippen LogP) is 2.10. The average molecular weight is 468 g/mol. The molecule has 0 atom stereocenters. The number of hydrogen-bond donors (Lipinski definition) is 3. The van der Waals surface area contributed by atoms with Crippen molar-refractivity contribution in [3.8, 4) is 11.5 Å². The van der Waals surface area contributed by atoms with Crippen molar-refractivity contribution < 1.29 is 24.2 Å². The predicted molar refractivity (Wildman–Crippen MR) is 124 cm³/mol.